The zero-order valence-corrected chi connectivity index (χ0v) is 18.6. The molecule has 3 aromatic rings. The zero-order valence-electron chi connectivity index (χ0n) is 18.6. The van der Waals surface area contributed by atoms with Gasteiger partial charge in [0, 0.05) is 11.7 Å². The van der Waals surface area contributed by atoms with Crippen molar-refractivity contribution >= 4 is 34.2 Å². The molecule has 4 rings (SSSR count). The number of carbonyl (C=O) groups is 3. The third kappa shape index (κ3) is 5.88. The maximum Gasteiger partial charge on any atom is 0.338 e. The number of amides is 2. The van der Waals surface area contributed by atoms with Crippen LogP contribution in [0.4, 0.5) is 5.69 Å². The minimum absolute atomic E-state index is 0.175. The van der Waals surface area contributed by atoms with Crippen LogP contribution in [0.5, 0.6) is 5.75 Å². The van der Waals surface area contributed by atoms with Crippen molar-refractivity contribution in [3.63, 3.8) is 0 Å². The minimum Gasteiger partial charge on any atom is -0.483 e. The van der Waals surface area contributed by atoms with Gasteiger partial charge in [-0.15, -0.1) is 0 Å². The van der Waals surface area contributed by atoms with Gasteiger partial charge in [0.05, 0.1) is 17.2 Å². The molecular formula is C26H26N2O5. The van der Waals surface area contributed by atoms with Gasteiger partial charge in [-0.1, -0.05) is 30.3 Å². The largest absolute Gasteiger partial charge is 0.483 e. The van der Waals surface area contributed by atoms with Gasteiger partial charge in [-0.2, -0.15) is 0 Å². The third-order valence-electron chi connectivity index (χ3n) is 5.09. The Morgan fingerprint density at radius 2 is 1.70 bits per heavy atom. The molecule has 0 radical (unpaired) electrons. The Kier molecular flexibility index (Phi) is 6.58. The number of hydrogen-bond acceptors (Lipinski definition) is 5. The van der Waals surface area contributed by atoms with Crippen molar-refractivity contribution in [1.82, 2.24) is 5.32 Å². The summed E-state index contributed by atoms with van der Waals surface area (Å²) in [6.45, 7) is 3.37. The molecule has 0 heterocycles. The van der Waals surface area contributed by atoms with Crippen LogP contribution in [0, 0.1) is 0 Å². The Morgan fingerprint density at radius 1 is 0.970 bits per heavy atom. The van der Waals surface area contributed by atoms with Crippen molar-refractivity contribution in [2.45, 2.75) is 38.8 Å². The van der Waals surface area contributed by atoms with Gasteiger partial charge in [0.2, 0.25) is 0 Å². The Labute approximate surface area is 192 Å². The van der Waals surface area contributed by atoms with Gasteiger partial charge in [0.1, 0.15) is 5.75 Å². The first-order valence-electron chi connectivity index (χ1n) is 11.0. The van der Waals surface area contributed by atoms with Gasteiger partial charge in [0.25, 0.3) is 11.8 Å². The summed E-state index contributed by atoms with van der Waals surface area (Å²) in [6.07, 6.45) is 1.73. The highest BCUT2D eigenvalue weighted by atomic mass is 16.5. The molecular weight excluding hydrogens is 420 g/mol. The van der Waals surface area contributed by atoms with Crippen LogP contribution in [-0.4, -0.2) is 36.5 Å². The maximum atomic E-state index is 13.2. The van der Waals surface area contributed by atoms with Crippen LogP contribution < -0.4 is 15.4 Å². The molecule has 0 unspecified atom stereocenters. The van der Waals surface area contributed by atoms with E-state index in [0.717, 1.165) is 23.6 Å². The average Bonchev–Trinajstić information content (AvgIpc) is 3.60. The molecule has 1 saturated carbocycles. The predicted octanol–water partition coefficient (Wildman–Crippen LogP) is 4.31. The first-order valence-corrected chi connectivity index (χ1v) is 11.0. The third-order valence-corrected chi connectivity index (χ3v) is 5.09. The topological polar surface area (TPSA) is 93.7 Å². The molecule has 0 aliphatic heterocycles. The van der Waals surface area contributed by atoms with Crippen LogP contribution >= 0.6 is 0 Å². The van der Waals surface area contributed by atoms with Crippen molar-refractivity contribution in [2.24, 2.45) is 0 Å². The molecule has 1 aliphatic carbocycles. The normalized spacial score (nSPS) is 12.9. The number of hydrogen-bond donors (Lipinski definition) is 2. The average molecular weight is 447 g/mol. The number of fused-ring (bicyclic) bond motifs is 1. The fraction of sp³-hybridized carbons (Fsp3) is 0.269. The molecule has 0 spiro atoms. The van der Waals surface area contributed by atoms with Gasteiger partial charge >= 0.3 is 5.97 Å². The molecule has 0 atom stereocenters. The number of anilines is 1. The molecule has 1 fully saturated rings. The van der Waals surface area contributed by atoms with E-state index in [1.54, 1.807) is 50.2 Å². The fourth-order valence-corrected chi connectivity index (χ4v) is 3.36. The van der Waals surface area contributed by atoms with E-state index in [4.69, 9.17) is 9.47 Å². The maximum absolute atomic E-state index is 13.2. The number of carbonyl (C=O) groups excluding carboxylic acids is 3. The summed E-state index contributed by atoms with van der Waals surface area (Å²) in [5.41, 5.74) is 1.08. The lowest BCUT2D eigenvalue weighted by atomic mass is 10.0. The standard InChI is InChI=1S/C26H26N2O5/c1-16(2)33-26(31)19-8-5-9-21(12-19)28-25(30)22-13-17-6-3-4-7-18(17)14-23(22)32-15-24(29)27-20-10-11-20/h3-9,12-14,16,20H,10-11,15H2,1-2H3,(H,27,29)(H,28,30). The first kappa shape index (κ1) is 22.3. The van der Waals surface area contributed by atoms with E-state index >= 15 is 0 Å². The molecule has 0 bridgehead atoms. The number of nitrogens with one attached hydrogen (secondary N) is 2. The fourth-order valence-electron chi connectivity index (χ4n) is 3.36. The SMILES string of the molecule is CC(C)OC(=O)c1cccc(NC(=O)c2cc3ccccc3cc2OCC(=O)NC2CC2)c1. The van der Waals surface area contributed by atoms with Crippen LogP contribution in [-0.2, 0) is 9.53 Å². The second-order valence-corrected chi connectivity index (χ2v) is 8.31. The second kappa shape index (κ2) is 9.73. The van der Waals surface area contributed by atoms with E-state index in [-0.39, 0.29) is 24.7 Å². The summed E-state index contributed by atoms with van der Waals surface area (Å²) < 4.78 is 11.0. The highest BCUT2D eigenvalue weighted by Crippen LogP contribution is 2.27. The number of rotatable bonds is 8. The summed E-state index contributed by atoms with van der Waals surface area (Å²) in [5, 5.41) is 7.45. The van der Waals surface area contributed by atoms with E-state index < -0.39 is 11.9 Å². The summed E-state index contributed by atoms with van der Waals surface area (Å²) in [5.74, 6) is -0.772. The van der Waals surface area contributed by atoms with E-state index in [1.807, 2.05) is 24.3 Å². The molecule has 1 aliphatic rings. The Hall–Kier alpha value is -3.87. The van der Waals surface area contributed by atoms with E-state index in [9.17, 15) is 14.4 Å². The summed E-state index contributed by atoms with van der Waals surface area (Å²) in [7, 11) is 0. The summed E-state index contributed by atoms with van der Waals surface area (Å²) in [4.78, 5) is 37.5. The van der Waals surface area contributed by atoms with Crippen LogP contribution in [0.3, 0.4) is 0 Å². The summed E-state index contributed by atoms with van der Waals surface area (Å²) in [6, 6.07) is 17.9. The van der Waals surface area contributed by atoms with Gasteiger partial charge in [0.15, 0.2) is 6.61 Å². The van der Waals surface area contributed by atoms with E-state index in [1.165, 1.54) is 0 Å². The van der Waals surface area contributed by atoms with Crippen LogP contribution in [0.2, 0.25) is 0 Å². The van der Waals surface area contributed by atoms with Crippen molar-refractivity contribution in [3.8, 4) is 5.75 Å². The Balaban J connectivity index is 1.56. The highest BCUT2D eigenvalue weighted by molar-refractivity contribution is 6.09. The molecule has 0 aromatic heterocycles. The molecule has 33 heavy (non-hydrogen) atoms. The zero-order chi connectivity index (χ0) is 23.4. The molecule has 2 N–H and O–H groups in total. The molecule has 3 aromatic carbocycles. The quantitative estimate of drug-likeness (QED) is 0.503. The van der Waals surface area contributed by atoms with Gasteiger partial charge in [-0.25, -0.2) is 4.79 Å². The first-order chi connectivity index (χ1) is 15.9. The van der Waals surface area contributed by atoms with Crippen LogP contribution in [0.1, 0.15) is 47.4 Å². The lowest BCUT2D eigenvalue weighted by Gasteiger charge is -2.14. The van der Waals surface area contributed by atoms with Gasteiger partial charge in [-0.3, -0.25) is 9.59 Å². The van der Waals surface area contributed by atoms with Gasteiger partial charge < -0.3 is 20.1 Å². The van der Waals surface area contributed by atoms with Crippen LogP contribution in [0.25, 0.3) is 10.8 Å². The number of ether oxygens (including phenoxy) is 2. The molecule has 7 heteroatoms. The Morgan fingerprint density at radius 3 is 2.39 bits per heavy atom. The van der Waals surface area contributed by atoms with Crippen molar-refractivity contribution in [3.05, 3.63) is 71.8 Å². The Bertz CT molecular complexity index is 1200. The number of benzene rings is 3. The van der Waals surface area contributed by atoms with Gasteiger partial charge in [-0.05, 0) is 67.8 Å². The highest BCUT2D eigenvalue weighted by Gasteiger charge is 2.24. The molecule has 2 amide bonds. The van der Waals surface area contributed by atoms with Crippen LogP contribution in [0.15, 0.2) is 60.7 Å². The summed E-state index contributed by atoms with van der Waals surface area (Å²) >= 11 is 0. The lowest BCUT2D eigenvalue weighted by molar-refractivity contribution is -0.123. The van der Waals surface area contributed by atoms with E-state index in [2.05, 4.69) is 10.6 Å². The lowest BCUT2D eigenvalue weighted by Crippen LogP contribution is -2.30. The minimum atomic E-state index is -0.461. The molecule has 7 nitrogen and oxygen atoms in total. The predicted molar refractivity (Wildman–Crippen MR) is 126 cm³/mol. The van der Waals surface area contributed by atoms with Crippen molar-refractivity contribution in [2.75, 3.05) is 11.9 Å². The molecule has 170 valence electrons. The smallest absolute Gasteiger partial charge is 0.338 e. The van der Waals surface area contributed by atoms with Crippen molar-refractivity contribution in [1.29, 1.82) is 0 Å². The van der Waals surface area contributed by atoms with Crippen molar-refractivity contribution < 1.29 is 23.9 Å². The van der Waals surface area contributed by atoms with E-state index in [0.29, 0.717) is 22.6 Å². The monoisotopic (exact) mass is 446 g/mol. The molecule has 0 saturated heterocycles. The second-order valence-electron chi connectivity index (χ2n) is 8.31. The number of esters is 1.